The van der Waals surface area contributed by atoms with Gasteiger partial charge in [-0.1, -0.05) is 12.1 Å². The van der Waals surface area contributed by atoms with Crippen molar-refractivity contribution in [2.45, 2.75) is 19.3 Å². The Morgan fingerprint density at radius 2 is 2.11 bits per heavy atom. The summed E-state index contributed by atoms with van der Waals surface area (Å²) in [6.45, 7) is 0. The van der Waals surface area contributed by atoms with Crippen LogP contribution in [0.25, 0.3) is 11.3 Å². The number of H-pyrrole nitrogens is 1. The topological polar surface area (TPSA) is 67.1 Å². The van der Waals surface area contributed by atoms with E-state index in [0.717, 1.165) is 29.8 Å². The van der Waals surface area contributed by atoms with Gasteiger partial charge in [-0.25, -0.2) is 4.99 Å². The summed E-state index contributed by atoms with van der Waals surface area (Å²) < 4.78 is 0. The third kappa shape index (κ3) is 2.36. The van der Waals surface area contributed by atoms with Gasteiger partial charge in [-0.3, -0.25) is 5.10 Å². The maximum absolute atomic E-state index is 5.61. The van der Waals surface area contributed by atoms with Crippen molar-refractivity contribution in [2.75, 3.05) is 5.88 Å². The molecule has 4 nitrogen and oxygen atoms in total. The summed E-state index contributed by atoms with van der Waals surface area (Å²) in [4.78, 5) is 4.21. The molecule has 0 unspecified atom stereocenters. The maximum Gasteiger partial charge on any atom is 0.115 e. The minimum absolute atomic E-state index is 0.245. The number of alkyl halides is 1. The number of nitrogens with zero attached hydrogens (tertiary/aromatic N) is 2. The van der Waals surface area contributed by atoms with Crippen LogP contribution in [0, 0.1) is 0 Å². The lowest BCUT2D eigenvalue weighted by molar-refractivity contribution is 0.867. The van der Waals surface area contributed by atoms with Crippen LogP contribution in [0.4, 0.5) is 5.69 Å². The lowest BCUT2D eigenvalue weighted by Crippen LogP contribution is -2.12. The van der Waals surface area contributed by atoms with E-state index in [1.807, 2.05) is 24.3 Å². The lowest BCUT2D eigenvalue weighted by atomic mass is 10.1. The van der Waals surface area contributed by atoms with Gasteiger partial charge in [0.15, 0.2) is 0 Å². The monoisotopic (exact) mass is 274 g/mol. The van der Waals surface area contributed by atoms with Crippen molar-refractivity contribution in [2.24, 2.45) is 10.7 Å². The predicted molar refractivity (Wildman–Crippen MR) is 78.1 cm³/mol. The first-order valence-electron chi connectivity index (χ1n) is 6.33. The van der Waals surface area contributed by atoms with Crippen LogP contribution >= 0.6 is 11.6 Å². The molecule has 0 bridgehead atoms. The summed E-state index contributed by atoms with van der Waals surface area (Å²) >= 11 is 5.61. The zero-order valence-electron chi connectivity index (χ0n) is 10.5. The molecule has 1 heterocycles. The third-order valence-electron chi connectivity index (χ3n) is 3.36. The molecule has 0 fully saturated rings. The standard InChI is InChI=1S/C14H15ClN4/c15-8-13(16)17-10-6-4-9(5-7-10)14-11-2-1-3-12(11)18-19-14/h4-7H,1-3,8H2,(H2,16,17)(H,18,19). The van der Waals surface area contributed by atoms with Gasteiger partial charge in [0.25, 0.3) is 0 Å². The van der Waals surface area contributed by atoms with Gasteiger partial charge in [-0.05, 0) is 31.4 Å². The Balaban J connectivity index is 1.90. The van der Waals surface area contributed by atoms with Gasteiger partial charge in [0.2, 0.25) is 0 Å². The molecule has 0 spiro atoms. The molecule has 0 amide bonds. The number of fused-ring (bicyclic) bond motifs is 1. The summed E-state index contributed by atoms with van der Waals surface area (Å²) in [7, 11) is 0. The van der Waals surface area contributed by atoms with Crippen molar-refractivity contribution < 1.29 is 0 Å². The molecule has 98 valence electrons. The fraction of sp³-hybridized carbons (Fsp3) is 0.286. The van der Waals surface area contributed by atoms with Crippen LogP contribution < -0.4 is 5.73 Å². The SMILES string of the molecule is NC(CCl)=Nc1ccc(-c2n[nH]c3c2CCC3)cc1. The van der Waals surface area contributed by atoms with Gasteiger partial charge in [0.05, 0.1) is 17.3 Å². The fourth-order valence-corrected chi connectivity index (χ4v) is 2.51. The van der Waals surface area contributed by atoms with E-state index in [-0.39, 0.29) is 5.88 Å². The third-order valence-corrected chi connectivity index (χ3v) is 3.63. The van der Waals surface area contributed by atoms with Crippen LogP contribution in [0.2, 0.25) is 0 Å². The molecular weight excluding hydrogens is 260 g/mol. The molecule has 0 atom stereocenters. The number of aliphatic imine (C=N–C) groups is 1. The highest BCUT2D eigenvalue weighted by molar-refractivity contribution is 6.28. The maximum atomic E-state index is 5.61. The summed E-state index contributed by atoms with van der Waals surface area (Å²) in [6.07, 6.45) is 3.43. The van der Waals surface area contributed by atoms with Crippen LogP contribution in [0.1, 0.15) is 17.7 Å². The number of amidine groups is 1. The summed E-state index contributed by atoms with van der Waals surface area (Å²) in [5.41, 5.74) is 11.2. The molecule has 0 radical (unpaired) electrons. The molecule has 2 aromatic rings. The first-order valence-corrected chi connectivity index (χ1v) is 6.87. The van der Waals surface area contributed by atoms with Crippen LogP contribution in [-0.2, 0) is 12.8 Å². The summed E-state index contributed by atoms with van der Waals surface area (Å²) in [5.74, 6) is 0.671. The van der Waals surface area contributed by atoms with Gasteiger partial charge in [0, 0.05) is 16.8 Å². The van der Waals surface area contributed by atoms with E-state index in [0.29, 0.717) is 5.84 Å². The average molecular weight is 275 g/mol. The quantitative estimate of drug-likeness (QED) is 0.513. The van der Waals surface area contributed by atoms with E-state index < -0.39 is 0 Å². The highest BCUT2D eigenvalue weighted by Gasteiger charge is 2.19. The Hall–Kier alpha value is -1.81. The number of aromatic nitrogens is 2. The second-order valence-electron chi connectivity index (χ2n) is 4.67. The number of aryl methyl sites for hydroxylation is 1. The Kier molecular flexibility index (Phi) is 3.25. The highest BCUT2D eigenvalue weighted by Crippen LogP contribution is 2.30. The first kappa shape index (κ1) is 12.2. The fourth-order valence-electron chi connectivity index (χ4n) is 2.45. The van der Waals surface area contributed by atoms with Crippen LogP contribution in [0.5, 0.6) is 0 Å². The number of aromatic amines is 1. The van der Waals surface area contributed by atoms with Crippen LogP contribution in [0.3, 0.4) is 0 Å². The minimum atomic E-state index is 0.245. The van der Waals surface area contributed by atoms with Crippen LogP contribution in [-0.4, -0.2) is 21.9 Å². The molecule has 1 aromatic carbocycles. The number of nitrogens with one attached hydrogen (secondary N) is 1. The van der Waals surface area contributed by atoms with Gasteiger partial charge < -0.3 is 5.73 Å². The molecule has 19 heavy (non-hydrogen) atoms. The number of benzene rings is 1. The van der Waals surface area contributed by atoms with Crippen molar-refractivity contribution in [1.82, 2.24) is 10.2 Å². The Labute approximate surface area is 116 Å². The van der Waals surface area contributed by atoms with Gasteiger partial charge in [0.1, 0.15) is 5.84 Å². The molecule has 3 N–H and O–H groups in total. The number of nitrogens with two attached hydrogens (primary N) is 1. The Morgan fingerprint density at radius 1 is 1.32 bits per heavy atom. The van der Waals surface area contributed by atoms with Gasteiger partial charge >= 0.3 is 0 Å². The molecule has 0 aliphatic heterocycles. The van der Waals surface area contributed by atoms with E-state index in [1.165, 1.54) is 17.7 Å². The molecule has 1 aliphatic rings. The average Bonchev–Trinajstić information content (AvgIpc) is 3.02. The predicted octanol–water partition coefficient (Wildman–Crippen LogP) is 2.79. The molecular formula is C14H15ClN4. The lowest BCUT2D eigenvalue weighted by Gasteiger charge is -2.01. The van der Waals surface area contributed by atoms with Gasteiger partial charge in [-0.15, -0.1) is 11.6 Å². The second-order valence-corrected chi connectivity index (χ2v) is 4.93. The summed E-state index contributed by atoms with van der Waals surface area (Å²) in [6, 6.07) is 7.92. The van der Waals surface area contributed by atoms with Gasteiger partial charge in [-0.2, -0.15) is 5.10 Å². The zero-order valence-corrected chi connectivity index (χ0v) is 11.2. The number of halogens is 1. The normalized spacial score (nSPS) is 14.7. The van der Waals surface area contributed by atoms with E-state index in [9.17, 15) is 0 Å². The van der Waals surface area contributed by atoms with E-state index in [2.05, 4.69) is 15.2 Å². The smallest absolute Gasteiger partial charge is 0.115 e. The largest absolute Gasteiger partial charge is 0.386 e. The number of hydrogen-bond acceptors (Lipinski definition) is 2. The first-order chi connectivity index (χ1) is 9.28. The number of rotatable bonds is 3. The molecule has 1 aromatic heterocycles. The van der Waals surface area contributed by atoms with E-state index >= 15 is 0 Å². The zero-order chi connectivity index (χ0) is 13.2. The summed E-state index contributed by atoms with van der Waals surface area (Å²) in [5, 5.41) is 7.53. The molecule has 1 aliphatic carbocycles. The molecule has 3 rings (SSSR count). The Morgan fingerprint density at radius 3 is 2.84 bits per heavy atom. The molecule has 5 heteroatoms. The Bertz CT molecular complexity index is 613. The van der Waals surface area contributed by atoms with Crippen molar-refractivity contribution in [3.05, 3.63) is 35.5 Å². The highest BCUT2D eigenvalue weighted by atomic mass is 35.5. The minimum Gasteiger partial charge on any atom is -0.386 e. The van der Waals surface area contributed by atoms with Crippen molar-refractivity contribution in [3.63, 3.8) is 0 Å². The molecule has 0 saturated heterocycles. The van der Waals surface area contributed by atoms with Crippen molar-refractivity contribution in [3.8, 4) is 11.3 Å². The number of hydrogen-bond donors (Lipinski definition) is 2. The van der Waals surface area contributed by atoms with Crippen molar-refractivity contribution in [1.29, 1.82) is 0 Å². The van der Waals surface area contributed by atoms with E-state index in [4.69, 9.17) is 17.3 Å². The van der Waals surface area contributed by atoms with E-state index in [1.54, 1.807) is 0 Å². The van der Waals surface area contributed by atoms with Crippen LogP contribution in [0.15, 0.2) is 29.3 Å². The van der Waals surface area contributed by atoms with Crippen molar-refractivity contribution >= 4 is 23.1 Å². The second kappa shape index (κ2) is 5.05. The molecule has 0 saturated carbocycles.